The van der Waals surface area contributed by atoms with E-state index in [4.69, 9.17) is 9.97 Å². The van der Waals surface area contributed by atoms with E-state index in [0.29, 0.717) is 0 Å². The largest absolute Gasteiger partial charge is 0.309 e. The van der Waals surface area contributed by atoms with E-state index < -0.39 is 0 Å². The highest BCUT2D eigenvalue weighted by Gasteiger charge is 2.18. The van der Waals surface area contributed by atoms with Crippen LogP contribution in [0.5, 0.6) is 0 Å². The van der Waals surface area contributed by atoms with Crippen molar-refractivity contribution in [1.29, 1.82) is 0 Å². The van der Waals surface area contributed by atoms with Gasteiger partial charge in [0.05, 0.1) is 56.9 Å². The Hall–Kier alpha value is -8.54. The number of fused-ring (bicyclic) bond motifs is 9. The molecule has 9 aromatic carbocycles. The molecule has 0 saturated carbocycles. The van der Waals surface area contributed by atoms with Crippen LogP contribution in [0.25, 0.3) is 116 Å². The van der Waals surface area contributed by atoms with Gasteiger partial charge in [-0.25, -0.2) is 4.98 Å². The van der Waals surface area contributed by atoms with E-state index in [0.717, 1.165) is 72.8 Å². The molecule has 0 aliphatic carbocycles. The molecule has 13 aromatic rings. The molecule has 0 fully saturated rings. The van der Waals surface area contributed by atoms with Gasteiger partial charge in [0.1, 0.15) is 0 Å². The number of benzene rings is 9. The first-order chi connectivity index (χ1) is 31.2. The van der Waals surface area contributed by atoms with Crippen molar-refractivity contribution in [2.24, 2.45) is 0 Å². The average Bonchev–Trinajstić information content (AvgIpc) is 4.00. The Bertz CT molecular complexity index is 3610. The third-order valence-corrected chi connectivity index (χ3v) is 12.7. The van der Waals surface area contributed by atoms with Crippen LogP contribution >= 0.6 is 0 Å². The molecule has 0 bridgehead atoms. The monoisotopic (exact) mass is 803 g/mol. The summed E-state index contributed by atoms with van der Waals surface area (Å²) in [4.78, 5) is 10.1. The van der Waals surface area contributed by atoms with E-state index in [2.05, 4.69) is 226 Å². The van der Waals surface area contributed by atoms with Crippen LogP contribution in [0.4, 0.5) is 0 Å². The minimum absolute atomic E-state index is 0.807. The highest BCUT2D eigenvalue weighted by molar-refractivity contribution is 6.11. The topological polar surface area (TPSA) is 40.6 Å². The van der Waals surface area contributed by atoms with Crippen molar-refractivity contribution in [3.05, 3.63) is 225 Å². The van der Waals surface area contributed by atoms with Gasteiger partial charge in [0, 0.05) is 60.5 Å². The Morgan fingerprint density at radius 3 is 0.937 bits per heavy atom. The Morgan fingerprint density at radius 2 is 0.556 bits per heavy atom. The van der Waals surface area contributed by atoms with E-state index in [1.54, 1.807) is 0 Å². The van der Waals surface area contributed by atoms with Crippen molar-refractivity contribution in [1.82, 2.24) is 23.7 Å². The van der Waals surface area contributed by atoms with Crippen LogP contribution in [0.2, 0.25) is 0 Å². The van der Waals surface area contributed by atoms with E-state index >= 15 is 0 Å². The van der Waals surface area contributed by atoms with Crippen LogP contribution in [0.1, 0.15) is 0 Å². The van der Waals surface area contributed by atoms with Crippen molar-refractivity contribution in [3.8, 4) is 50.7 Å². The molecule has 4 heterocycles. The van der Waals surface area contributed by atoms with Gasteiger partial charge < -0.3 is 13.7 Å². The maximum absolute atomic E-state index is 5.32. The third-order valence-electron chi connectivity index (χ3n) is 12.7. The van der Waals surface area contributed by atoms with Gasteiger partial charge in [0.25, 0.3) is 0 Å². The van der Waals surface area contributed by atoms with Crippen molar-refractivity contribution >= 4 is 65.4 Å². The Morgan fingerprint density at radius 1 is 0.254 bits per heavy atom. The lowest BCUT2D eigenvalue weighted by Crippen LogP contribution is -2.01. The van der Waals surface area contributed by atoms with Gasteiger partial charge in [-0.3, -0.25) is 4.98 Å². The molecule has 0 amide bonds. The van der Waals surface area contributed by atoms with E-state index in [1.165, 1.54) is 43.4 Å². The molecule has 4 aromatic heterocycles. The Kier molecular flexibility index (Phi) is 7.84. The Balaban J connectivity index is 0.909. The lowest BCUT2D eigenvalue weighted by atomic mass is 10.0. The zero-order chi connectivity index (χ0) is 41.4. The normalized spacial score (nSPS) is 11.8. The molecule has 0 aliphatic heterocycles. The van der Waals surface area contributed by atoms with Crippen molar-refractivity contribution in [3.63, 3.8) is 0 Å². The van der Waals surface area contributed by atoms with Gasteiger partial charge in [-0.05, 0) is 77.9 Å². The molecule has 5 nitrogen and oxygen atoms in total. The maximum atomic E-state index is 5.32. The second kappa shape index (κ2) is 14.0. The SMILES string of the molecule is c1ccc2c(c1)c1ccccc1n2-c1ccc(-c2ccc(-c3cncc(-c4cc(-n5c6ccccc6c6ccccc65)cc(-n5c6ccccc6c6ccccc65)c4)n3)cc2)cc1. The summed E-state index contributed by atoms with van der Waals surface area (Å²) in [5, 5.41) is 7.42. The van der Waals surface area contributed by atoms with Gasteiger partial charge in [-0.1, -0.05) is 146 Å². The molecule has 0 spiro atoms. The second-order valence-corrected chi connectivity index (χ2v) is 16.3. The van der Waals surface area contributed by atoms with Gasteiger partial charge in [-0.2, -0.15) is 0 Å². The number of hydrogen-bond donors (Lipinski definition) is 0. The fourth-order valence-electron chi connectivity index (χ4n) is 9.88. The van der Waals surface area contributed by atoms with E-state index in [1.807, 2.05) is 12.4 Å². The summed E-state index contributed by atoms with van der Waals surface area (Å²) in [6.07, 6.45) is 3.75. The molecular weight excluding hydrogens is 767 g/mol. The summed E-state index contributed by atoms with van der Waals surface area (Å²) >= 11 is 0. The average molecular weight is 804 g/mol. The maximum Gasteiger partial charge on any atom is 0.0894 e. The summed E-state index contributed by atoms with van der Waals surface area (Å²) in [5.74, 6) is 0. The molecule has 0 N–H and O–H groups in total. The van der Waals surface area contributed by atoms with Gasteiger partial charge in [0.2, 0.25) is 0 Å². The highest BCUT2D eigenvalue weighted by atomic mass is 15.0. The smallest absolute Gasteiger partial charge is 0.0894 e. The van der Waals surface area contributed by atoms with Crippen molar-refractivity contribution < 1.29 is 0 Å². The zero-order valence-corrected chi connectivity index (χ0v) is 34.1. The lowest BCUT2D eigenvalue weighted by molar-refractivity contribution is 1.13. The third kappa shape index (κ3) is 5.57. The Labute approximate surface area is 363 Å². The van der Waals surface area contributed by atoms with Crippen LogP contribution in [0.15, 0.2) is 225 Å². The molecule has 294 valence electrons. The molecule has 0 saturated heterocycles. The summed E-state index contributed by atoms with van der Waals surface area (Å²) in [6, 6.07) is 76.4. The molecule has 0 atom stereocenters. The standard InChI is InChI=1S/C58H37N5/c1-7-19-53-45(13-1)46-14-2-8-20-54(46)61(53)42-31-29-39(30-32-42)38-25-27-40(28-26-38)51-36-59-37-52(60-51)41-33-43(62-55-21-9-3-15-47(55)48-16-4-10-22-56(48)62)35-44(34-41)63-57-23-11-5-17-49(57)50-18-6-12-24-58(50)63/h1-37H. The number of para-hydroxylation sites is 6. The van der Waals surface area contributed by atoms with Crippen LogP contribution in [-0.2, 0) is 0 Å². The number of rotatable bonds is 6. The first-order valence-corrected chi connectivity index (χ1v) is 21.4. The first-order valence-electron chi connectivity index (χ1n) is 21.4. The first kappa shape index (κ1) is 35.2. The second-order valence-electron chi connectivity index (χ2n) is 16.3. The molecular formula is C58H37N5. The fourth-order valence-corrected chi connectivity index (χ4v) is 9.88. The summed E-state index contributed by atoms with van der Waals surface area (Å²) in [7, 11) is 0. The summed E-state index contributed by atoms with van der Waals surface area (Å²) < 4.78 is 7.13. The van der Waals surface area contributed by atoms with Crippen LogP contribution < -0.4 is 0 Å². The molecule has 0 aliphatic rings. The van der Waals surface area contributed by atoms with Crippen LogP contribution in [-0.4, -0.2) is 23.7 Å². The van der Waals surface area contributed by atoms with Crippen LogP contribution in [0.3, 0.4) is 0 Å². The quantitative estimate of drug-likeness (QED) is 0.168. The van der Waals surface area contributed by atoms with E-state index in [9.17, 15) is 0 Å². The zero-order valence-electron chi connectivity index (χ0n) is 34.1. The number of nitrogens with zero attached hydrogens (tertiary/aromatic N) is 5. The molecule has 0 unspecified atom stereocenters. The van der Waals surface area contributed by atoms with Crippen LogP contribution in [0, 0.1) is 0 Å². The highest BCUT2D eigenvalue weighted by Crippen LogP contribution is 2.38. The molecule has 63 heavy (non-hydrogen) atoms. The number of aromatic nitrogens is 5. The number of hydrogen-bond acceptors (Lipinski definition) is 2. The van der Waals surface area contributed by atoms with Gasteiger partial charge in [-0.15, -0.1) is 0 Å². The van der Waals surface area contributed by atoms with Crippen molar-refractivity contribution in [2.45, 2.75) is 0 Å². The van der Waals surface area contributed by atoms with Gasteiger partial charge >= 0.3 is 0 Å². The van der Waals surface area contributed by atoms with Gasteiger partial charge in [0.15, 0.2) is 0 Å². The summed E-state index contributed by atoms with van der Waals surface area (Å²) in [6.45, 7) is 0. The lowest BCUT2D eigenvalue weighted by Gasteiger charge is -2.16. The molecule has 13 rings (SSSR count). The predicted molar refractivity (Wildman–Crippen MR) is 261 cm³/mol. The minimum Gasteiger partial charge on any atom is -0.309 e. The summed E-state index contributed by atoms with van der Waals surface area (Å²) in [5.41, 5.74) is 16.2. The molecule has 0 radical (unpaired) electrons. The molecule has 5 heteroatoms. The van der Waals surface area contributed by atoms with E-state index in [-0.39, 0.29) is 0 Å². The van der Waals surface area contributed by atoms with Crippen molar-refractivity contribution in [2.75, 3.05) is 0 Å². The predicted octanol–water partition coefficient (Wildman–Crippen LogP) is 14.8. The minimum atomic E-state index is 0.807. The fraction of sp³-hybridized carbons (Fsp3) is 0.